The first-order valence-electron chi connectivity index (χ1n) is 6.02. The van der Waals surface area contributed by atoms with E-state index in [2.05, 4.69) is 55.5 Å². The summed E-state index contributed by atoms with van der Waals surface area (Å²) in [6, 6.07) is 18.9. The van der Waals surface area contributed by atoms with Crippen molar-refractivity contribution in [3.05, 3.63) is 71.3 Å². The average molecular weight is 226 g/mol. The summed E-state index contributed by atoms with van der Waals surface area (Å²) in [5.74, 6) is 0. The second-order valence-corrected chi connectivity index (χ2v) is 4.28. The fraction of sp³-hybridized carbons (Fsp3) is 0.250. The molecular formula is C16H18O. The lowest BCUT2D eigenvalue weighted by molar-refractivity contribution is 0.124. The van der Waals surface area contributed by atoms with Crippen molar-refractivity contribution in [2.45, 2.75) is 20.0 Å². The van der Waals surface area contributed by atoms with Crippen molar-refractivity contribution in [2.24, 2.45) is 0 Å². The van der Waals surface area contributed by atoms with E-state index in [0.717, 1.165) is 13.0 Å². The molecule has 0 aliphatic carbocycles. The standard InChI is InChI=1S/C16H18O/c1-14-6-5-9-16(12-14)13-17-11-10-15-7-3-2-4-8-15/h2-9,12H,10-11,13H2,1H3. The van der Waals surface area contributed by atoms with Gasteiger partial charge in [-0.15, -0.1) is 0 Å². The van der Waals surface area contributed by atoms with E-state index in [0.29, 0.717) is 6.61 Å². The normalized spacial score (nSPS) is 10.4. The Hall–Kier alpha value is -1.60. The lowest BCUT2D eigenvalue weighted by Crippen LogP contribution is -1.99. The fourth-order valence-corrected chi connectivity index (χ4v) is 1.83. The van der Waals surface area contributed by atoms with Crippen LogP contribution in [0.4, 0.5) is 0 Å². The molecule has 0 saturated carbocycles. The predicted octanol–water partition coefficient (Wildman–Crippen LogP) is 3.75. The lowest BCUT2D eigenvalue weighted by atomic mass is 10.1. The molecule has 0 heterocycles. The van der Waals surface area contributed by atoms with E-state index in [4.69, 9.17) is 4.74 Å². The molecule has 0 aromatic heterocycles. The molecule has 0 saturated heterocycles. The molecule has 0 amide bonds. The zero-order valence-electron chi connectivity index (χ0n) is 10.2. The van der Waals surface area contributed by atoms with Crippen molar-refractivity contribution in [3.63, 3.8) is 0 Å². The quantitative estimate of drug-likeness (QED) is 0.705. The predicted molar refractivity (Wildman–Crippen MR) is 71.0 cm³/mol. The minimum Gasteiger partial charge on any atom is -0.376 e. The number of ether oxygens (including phenoxy) is 1. The third-order valence-corrected chi connectivity index (χ3v) is 2.73. The summed E-state index contributed by atoms with van der Waals surface area (Å²) >= 11 is 0. The van der Waals surface area contributed by atoms with E-state index in [-0.39, 0.29) is 0 Å². The van der Waals surface area contributed by atoms with Crippen LogP contribution in [0.5, 0.6) is 0 Å². The van der Waals surface area contributed by atoms with Crippen molar-refractivity contribution in [1.82, 2.24) is 0 Å². The molecule has 1 nitrogen and oxygen atoms in total. The van der Waals surface area contributed by atoms with Crippen LogP contribution in [0.15, 0.2) is 54.6 Å². The van der Waals surface area contributed by atoms with Gasteiger partial charge in [-0.1, -0.05) is 60.2 Å². The summed E-state index contributed by atoms with van der Waals surface area (Å²) in [4.78, 5) is 0. The summed E-state index contributed by atoms with van der Waals surface area (Å²) in [6.45, 7) is 3.58. The number of hydrogen-bond acceptors (Lipinski definition) is 1. The Morgan fingerprint density at radius 2 is 1.65 bits per heavy atom. The van der Waals surface area contributed by atoms with Gasteiger partial charge in [-0.25, -0.2) is 0 Å². The van der Waals surface area contributed by atoms with Crippen LogP contribution in [0.2, 0.25) is 0 Å². The highest BCUT2D eigenvalue weighted by Gasteiger charge is 1.95. The molecule has 0 aliphatic heterocycles. The third kappa shape index (κ3) is 4.04. The molecule has 0 aliphatic rings. The Kier molecular flexibility index (Phi) is 4.34. The zero-order valence-corrected chi connectivity index (χ0v) is 10.2. The van der Waals surface area contributed by atoms with Gasteiger partial charge in [0.05, 0.1) is 13.2 Å². The molecule has 17 heavy (non-hydrogen) atoms. The van der Waals surface area contributed by atoms with Gasteiger partial charge in [-0.05, 0) is 24.5 Å². The van der Waals surface area contributed by atoms with Crippen LogP contribution in [-0.4, -0.2) is 6.61 Å². The van der Waals surface area contributed by atoms with E-state index in [9.17, 15) is 0 Å². The van der Waals surface area contributed by atoms with Gasteiger partial charge in [-0.3, -0.25) is 0 Å². The summed E-state index contributed by atoms with van der Waals surface area (Å²) < 4.78 is 5.68. The first-order valence-corrected chi connectivity index (χ1v) is 6.02. The maximum Gasteiger partial charge on any atom is 0.0717 e. The number of aryl methyl sites for hydroxylation is 1. The third-order valence-electron chi connectivity index (χ3n) is 2.73. The number of hydrogen-bond donors (Lipinski definition) is 0. The van der Waals surface area contributed by atoms with Gasteiger partial charge in [-0.2, -0.15) is 0 Å². The van der Waals surface area contributed by atoms with Gasteiger partial charge >= 0.3 is 0 Å². The summed E-state index contributed by atoms with van der Waals surface area (Å²) in [5.41, 5.74) is 3.86. The van der Waals surface area contributed by atoms with Crippen molar-refractivity contribution in [2.75, 3.05) is 6.61 Å². The molecule has 1 heteroatoms. The zero-order chi connectivity index (χ0) is 11.9. The summed E-state index contributed by atoms with van der Waals surface area (Å²) in [7, 11) is 0. The second kappa shape index (κ2) is 6.21. The second-order valence-electron chi connectivity index (χ2n) is 4.28. The van der Waals surface area contributed by atoms with Gasteiger partial charge in [0.25, 0.3) is 0 Å². The molecule has 2 aromatic rings. The van der Waals surface area contributed by atoms with Crippen LogP contribution < -0.4 is 0 Å². The van der Waals surface area contributed by atoms with Crippen LogP contribution in [-0.2, 0) is 17.8 Å². The van der Waals surface area contributed by atoms with Gasteiger partial charge in [0.1, 0.15) is 0 Å². The first-order chi connectivity index (χ1) is 8.34. The fourth-order valence-electron chi connectivity index (χ4n) is 1.83. The molecule has 88 valence electrons. The van der Waals surface area contributed by atoms with Crippen LogP contribution >= 0.6 is 0 Å². The molecule has 0 spiro atoms. The average Bonchev–Trinajstić information content (AvgIpc) is 2.36. The molecule has 0 radical (unpaired) electrons. The van der Waals surface area contributed by atoms with Gasteiger partial charge in [0, 0.05) is 0 Å². The van der Waals surface area contributed by atoms with Crippen LogP contribution in [0.1, 0.15) is 16.7 Å². The lowest BCUT2D eigenvalue weighted by Gasteiger charge is -2.05. The molecule has 0 atom stereocenters. The topological polar surface area (TPSA) is 9.23 Å². The summed E-state index contributed by atoms with van der Waals surface area (Å²) in [5, 5.41) is 0. The Morgan fingerprint density at radius 1 is 0.882 bits per heavy atom. The molecule has 0 N–H and O–H groups in total. The SMILES string of the molecule is Cc1cccc(COCCc2ccccc2)c1. The van der Waals surface area contributed by atoms with Gasteiger partial charge in [0.15, 0.2) is 0 Å². The van der Waals surface area contributed by atoms with E-state index < -0.39 is 0 Å². The van der Waals surface area contributed by atoms with Crippen LogP contribution in [0.3, 0.4) is 0 Å². The summed E-state index contributed by atoms with van der Waals surface area (Å²) in [6.07, 6.45) is 0.979. The highest BCUT2D eigenvalue weighted by Crippen LogP contribution is 2.06. The molecule has 0 unspecified atom stereocenters. The van der Waals surface area contributed by atoms with Crippen molar-refractivity contribution >= 4 is 0 Å². The first kappa shape index (κ1) is 11.9. The number of rotatable bonds is 5. The van der Waals surface area contributed by atoms with Crippen LogP contribution in [0.25, 0.3) is 0 Å². The Bertz CT molecular complexity index is 448. The van der Waals surface area contributed by atoms with E-state index in [1.165, 1.54) is 16.7 Å². The van der Waals surface area contributed by atoms with Crippen LogP contribution in [0, 0.1) is 6.92 Å². The number of benzene rings is 2. The minimum atomic E-state index is 0.703. The van der Waals surface area contributed by atoms with E-state index in [1.54, 1.807) is 0 Å². The molecule has 0 bridgehead atoms. The molecule has 0 fully saturated rings. The largest absolute Gasteiger partial charge is 0.376 e. The smallest absolute Gasteiger partial charge is 0.0717 e. The Labute approximate surface area is 103 Å². The van der Waals surface area contributed by atoms with Crippen molar-refractivity contribution in [1.29, 1.82) is 0 Å². The molecular weight excluding hydrogens is 208 g/mol. The van der Waals surface area contributed by atoms with Gasteiger partial charge < -0.3 is 4.74 Å². The Morgan fingerprint density at radius 3 is 2.41 bits per heavy atom. The monoisotopic (exact) mass is 226 g/mol. The maximum atomic E-state index is 5.68. The van der Waals surface area contributed by atoms with E-state index >= 15 is 0 Å². The Balaban J connectivity index is 1.73. The molecule has 2 aromatic carbocycles. The highest BCUT2D eigenvalue weighted by molar-refractivity contribution is 5.21. The van der Waals surface area contributed by atoms with Gasteiger partial charge in [0.2, 0.25) is 0 Å². The molecule has 2 rings (SSSR count). The highest BCUT2D eigenvalue weighted by atomic mass is 16.5. The van der Waals surface area contributed by atoms with E-state index in [1.807, 2.05) is 6.07 Å². The van der Waals surface area contributed by atoms with Crippen molar-refractivity contribution < 1.29 is 4.74 Å². The van der Waals surface area contributed by atoms with Crippen molar-refractivity contribution in [3.8, 4) is 0 Å². The maximum absolute atomic E-state index is 5.68. The minimum absolute atomic E-state index is 0.703.